The fourth-order valence-corrected chi connectivity index (χ4v) is 5.78. The van der Waals surface area contributed by atoms with Gasteiger partial charge < -0.3 is 10.6 Å². The Labute approximate surface area is 221 Å². The molecule has 1 fully saturated rings. The number of aromatic nitrogens is 2. The number of nitrogens with zero attached hydrogens (tertiary/aromatic N) is 4. The molecule has 1 aliphatic rings. The topological polar surface area (TPSA) is 142 Å². The minimum Gasteiger partial charge on any atom is -0.383 e. The summed E-state index contributed by atoms with van der Waals surface area (Å²) in [6, 6.07) is 6.00. The number of rotatable bonds is 9. The van der Waals surface area contributed by atoms with Crippen molar-refractivity contribution in [2.45, 2.75) is 39.1 Å². The normalized spacial score (nSPS) is 15.4. The molecule has 1 aromatic carbocycles. The Balaban J connectivity index is 1.78. The van der Waals surface area contributed by atoms with Gasteiger partial charge in [-0.05, 0) is 36.1 Å². The number of halogens is 1. The van der Waals surface area contributed by atoms with Crippen LogP contribution in [0.5, 0.6) is 0 Å². The summed E-state index contributed by atoms with van der Waals surface area (Å²) >= 11 is 5.88. The summed E-state index contributed by atoms with van der Waals surface area (Å²) in [6.45, 7) is 9.27. The van der Waals surface area contributed by atoms with E-state index in [0.717, 1.165) is 0 Å². The number of aromatic amines is 1. The largest absolute Gasteiger partial charge is 0.383 e. The molecule has 13 heteroatoms. The highest BCUT2D eigenvalue weighted by molar-refractivity contribution is 7.89. The van der Waals surface area contributed by atoms with Gasteiger partial charge in [-0.15, -0.1) is 0 Å². The van der Waals surface area contributed by atoms with Gasteiger partial charge in [0.05, 0.1) is 11.4 Å². The average molecular weight is 555 g/mol. The lowest BCUT2D eigenvalue weighted by Crippen LogP contribution is -2.52. The van der Waals surface area contributed by atoms with Crippen molar-refractivity contribution in [1.29, 1.82) is 0 Å². The SMILES string of the molecule is CC(C)CN(C(=O)CN1CCN(S(=O)(=O)c2ccc(Cl)cc2)CC1)c1c(N)n(CC(C)C)c(=O)[nH]c1=O. The Bertz CT molecular complexity index is 1330. The van der Waals surface area contributed by atoms with Crippen LogP contribution < -0.4 is 21.9 Å². The molecule has 1 aromatic heterocycles. The highest BCUT2D eigenvalue weighted by Crippen LogP contribution is 2.22. The van der Waals surface area contributed by atoms with E-state index in [0.29, 0.717) is 24.7 Å². The number of nitrogens with one attached hydrogen (secondary N) is 1. The Kier molecular flexibility index (Phi) is 9.22. The van der Waals surface area contributed by atoms with Crippen LogP contribution in [0, 0.1) is 11.8 Å². The smallest absolute Gasteiger partial charge is 0.330 e. The van der Waals surface area contributed by atoms with Crippen molar-refractivity contribution in [3.63, 3.8) is 0 Å². The summed E-state index contributed by atoms with van der Waals surface area (Å²) in [5.74, 6) is -0.284. The molecule has 3 N–H and O–H groups in total. The zero-order valence-corrected chi connectivity index (χ0v) is 23.2. The van der Waals surface area contributed by atoms with Gasteiger partial charge in [-0.25, -0.2) is 13.2 Å². The first-order valence-electron chi connectivity index (χ1n) is 12.2. The number of amides is 1. The van der Waals surface area contributed by atoms with Crippen molar-refractivity contribution in [1.82, 2.24) is 18.8 Å². The van der Waals surface area contributed by atoms with Crippen molar-refractivity contribution in [3.05, 3.63) is 50.1 Å². The van der Waals surface area contributed by atoms with Crippen molar-refractivity contribution in [2.75, 3.05) is 49.9 Å². The molecule has 0 aliphatic carbocycles. The van der Waals surface area contributed by atoms with Gasteiger partial charge in [0.25, 0.3) is 5.56 Å². The summed E-state index contributed by atoms with van der Waals surface area (Å²) in [4.78, 5) is 44.2. The molecule has 0 bridgehead atoms. The zero-order valence-electron chi connectivity index (χ0n) is 21.6. The van der Waals surface area contributed by atoms with Crippen molar-refractivity contribution in [2.24, 2.45) is 11.8 Å². The monoisotopic (exact) mass is 554 g/mol. The van der Waals surface area contributed by atoms with E-state index in [2.05, 4.69) is 4.98 Å². The van der Waals surface area contributed by atoms with Gasteiger partial charge in [0, 0.05) is 44.3 Å². The lowest BCUT2D eigenvalue weighted by Gasteiger charge is -2.35. The van der Waals surface area contributed by atoms with Gasteiger partial charge in [-0.1, -0.05) is 39.3 Å². The molecule has 1 saturated heterocycles. The quantitative estimate of drug-likeness (QED) is 0.477. The number of nitrogens with two attached hydrogens (primary N) is 1. The van der Waals surface area contributed by atoms with E-state index < -0.39 is 21.3 Å². The van der Waals surface area contributed by atoms with Crippen LogP contribution in [0.4, 0.5) is 11.5 Å². The molecule has 0 saturated carbocycles. The molecule has 1 aliphatic heterocycles. The Morgan fingerprint density at radius 2 is 1.65 bits per heavy atom. The molecule has 204 valence electrons. The molecule has 2 aromatic rings. The first kappa shape index (κ1) is 28.9. The Morgan fingerprint density at radius 1 is 1.05 bits per heavy atom. The number of hydrogen-bond donors (Lipinski definition) is 2. The molecule has 2 heterocycles. The number of hydrogen-bond acceptors (Lipinski definition) is 7. The lowest BCUT2D eigenvalue weighted by molar-refractivity contribution is -0.120. The maximum atomic E-state index is 13.4. The van der Waals surface area contributed by atoms with E-state index in [9.17, 15) is 22.8 Å². The van der Waals surface area contributed by atoms with E-state index >= 15 is 0 Å². The predicted molar refractivity (Wildman–Crippen MR) is 144 cm³/mol. The maximum Gasteiger partial charge on any atom is 0.330 e. The van der Waals surface area contributed by atoms with Gasteiger partial charge in [0.15, 0.2) is 5.69 Å². The number of benzene rings is 1. The molecule has 0 unspecified atom stereocenters. The number of sulfonamides is 1. The summed E-state index contributed by atoms with van der Waals surface area (Å²) in [5, 5.41) is 0.451. The van der Waals surface area contributed by atoms with Crippen LogP contribution in [-0.4, -0.2) is 72.3 Å². The van der Waals surface area contributed by atoms with Crippen LogP contribution in [0.15, 0.2) is 38.8 Å². The third kappa shape index (κ3) is 6.81. The molecule has 3 rings (SSSR count). The van der Waals surface area contributed by atoms with E-state index in [1.54, 1.807) is 0 Å². The number of nitrogen functional groups attached to an aromatic ring is 1. The van der Waals surface area contributed by atoms with Crippen LogP contribution >= 0.6 is 11.6 Å². The molecule has 11 nitrogen and oxygen atoms in total. The van der Waals surface area contributed by atoms with E-state index in [4.69, 9.17) is 17.3 Å². The van der Waals surface area contributed by atoms with E-state index in [1.807, 2.05) is 32.6 Å². The Morgan fingerprint density at radius 3 is 2.19 bits per heavy atom. The zero-order chi connectivity index (χ0) is 27.5. The number of carbonyl (C=O) groups is 1. The number of anilines is 2. The van der Waals surface area contributed by atoms with Gasteiger partial charge in [0.2, 0.25) is 15.9 Å². The molecule has 1 amide bonds. The van der Waals surface area contributed by atoms with Gasteiger partial charge >= 0.3 is 5.69 Å². The molecule has 37 heavy (non-hydrogen) atoms. The summed E-state index contributed by atoms with van der Waals surface area (Å²) in [5.41, 5.74) is 4.90. The first-order chi connectivity index (χ1) is 17.3. The summed E-state index contributed by atoms with van der Waals surface area (Å²) in [6.07, 6.45) is 0. The highest BCUT2D eigenvalue weighted by atomic mass is 35.5. The second-order valence-electron chi connectivity index (χ2n) is 10.0. The summed E-state index contributed by atoms with van der Waals surface area (Å²) < 4.78 is 28.6. The Hall–Kier alpha value is -2.67. The van der Waals surface area contributed by atoms with Crippen molar-refractivity contribution >= 4 is 39.0 Å². The van der Waals surface area contributed by atoms with Gasteiger partial charge in [-0.2, -0.15) is 4.31 Å². The minimum absolute atomic E-state index is 0.0228. The molecular formula is C24H35ClN6O5S. The fraction of sp³-hybridized carbons (Fsp3) is 0.542. The van der Waals surface area contributed by atoms with E-state index in [-0.39, 0.29) is 60.3 Å². The van der Waals surface area contributed by atoms with Crippen LogP contribution in [-0.2, 0) is 21.4 Å². The number of H-pyrrole nitrogens is 1. The fourth-order valence-electron chi connectivity index (χ4n) is 4.23. The lowest BCUT2D eigenvalue weighted by atomic mass is 10.2. The van der Waals surface area contributed by atoms with Gasteiger partial charge in [0.1, 0.15) is 5.82 Å². The molecular weight excluding hydrogens is 520 g/mol. The van der Waals surface area contributed by atoms with Gasteiger partial charge in [-0.3, -0.25) is 24.0 Å². The van der Waals surface area contributed by atoms with Crippen LogP contribution in [0.2, 0.25) is 5.02 Å². The van der Waals surface area contributed by atoms with Crippen LogP contribution in [0.1, 0.15) is 27.7 Å². The third-order valence-electron chi connectivity index (χ3n) is 6.02. The van der Waals surface area contributed by atoms with Crippen molar-refractivity contribution < 1.29 is 13.2 Å². The molecule has 0 atom stereocenters. The summed E-state index contributed by atoms with van der Waals surface area (Å²) in [7, 11) is -3.68. The maximum absolute atomic E-state index is 13.4. The second-order valence-corrected chi connectivity index (χ2v) is 12.4. The predicted octanol–water partition coefficient (Wildman–Crippen LogP) is 1.42. The average Bonchev–Trinajstić information content (AvgIpc) is 2.81. The molecule has 0 spiro atoms. The van der Waals surface area contributed by atoms with Crippen LogP contribution in [0.25, 0.3) is 0 Å². The van der Waals surface area contributed by atoms with Crippen LogP contribution in [0.3, 0.4) is 0 Å². The number of carbonyl (C=O) groups excluding carboxylic acids is 1. The highest BCUT2D eigenvalue weighted by Gasteiger charge is 2.31. The standard InChI is InChI=1S/C24H35ClN6O5S/c1-16(2)13-30(21-22(26)31(14-17(3)4)24(34)27-23(21)33)20(32)15-28-9-11-29(12-10-28)37(35,36)19-7-5-18(25)6-8-19/h5-8,16-17H,9-15,26H2,1-4H3,(H,27,33,34). The van der Waals surface area contributed by atoms with E-state index in [1.165, 1.54) is 38.0 Å². The molecule has 0 radical (unpaired) electrons. The second kappa shape index (κ2) is 11.8. The first-order valence-corrected chi connectivity index (χ1v) is 14.0. The number of piperazine rings is 1. The minimum atomic E-state index is -3.68. The third-order valence-corrected chi connectivity index (χ3v) is 8.19. The van der Waals surface area contributed by atoms with Crippen molar-refractivity contribution in [3.8, 4) is 0 Å².